The SMILES string of the molecule is CC.CC.CCC(=O)C(C)C(C)C(C)CC.Cc1cc(C)c(Cl)cc1F. The molecule has 0 amide bonds. The van der Waals surface area contributed by atoms with E-state index < -0.39 is 0 Å². The number of Topliss-reactive ketones (excluding diaryl/α,β-unsaturated/α-hetero) is 1. The topological polar surface area (TPSA) is 17.1 Å². The molecule has 3 heteroatoms. The molecule has 1 rings (SSSR count). The van der Waals surface area contributed by atoms with Crippen molar-refractivity contribution in [3.8, 4) is 0 Å². The lowest BCUT2D eigenvalue weighted by Crippen LogP contribution is -2.23. The fourth-order valence-electron chi connectivity index (χ4n) is 2.28. The summed E-state index contributed by atoms with van der Waals surface area (Å²) in [4.78, 5) is 11.4. The third kappa shape index (κ3) is 11.7. The highest BCUT2D eigenvalue weighted by Crippen LogP contribution is 2.24. The number of benzene rings is 1. The Labute approximate surface area is 167 Å². The molecule has 26 heavy (non-hydrogen) atoms. The summed E-state index contributed by atoms with van der Waals surface area (Å²) in [6.07, 6.45) is 1.85. The molecule has 0 aromatic heterocycles. The van der Waals surface area contributed by atoms with E-state index in [1.807, 2.05) is 41.5 Å². The van der Waals surface area contributed by atoms with Crippen molar-refractivity contribution in [1.29, 1.82) is 0 Å². The van der Waals surface area contributed by atoms with Crippen LogP contribution in [0.4, 0.5) is 4.39 Å². The summed E-state index contributed by atoms with van der Waals surface area (Å²) in [6.45, 7) is 22.2. The van der Waals surface area contributed by atoms with Gasteiger partial charge in [0.25, 0.3) is 0 Å². The maximum absolute atomic E-state index is 12.7. The molecule has 0 heterocycles. The lowest BCUT2D eigenvalue weighted by molar-refractivity contribution is -0.124. The van der Waals surface area contributed by atoms with Gasteiger partial charge in [-0.1, -0.05) is 86.4 Å². The Hall–Kier alpha value is -0.890. The summed E-state index contributed by atoms with van der Waals surface area (Å²) in [5.41, 5.74) is 1.56. The van der Waals surface area contributed by atoms with Gasteiger partial charge in [0.2, 0.25) is 0 Å². The minimum absolute atomic E-state index is 0.240. The Kier molecular flexibility index (Phi) is 20.1. The van der Waals surface area contributed by atoms with E-state index in [2.05, 4.69) is 27.7 Å². The first kappa shape index (κ1) is 29.9. The molecule has 0 N–H and O–H groups in total. The lowest BCUT2D eigenvalue weighted by atomic mass is 9.81. The Morgan fingerprint density at radius 3 is 1.81 bits per heavy atom. The van der Waals surface area contributed by atoms with Crippen LogP contribution < -0.4 is 0 Å². The van der Waals surface area contributed by atoms with E-state index in [0.29, 0.717) is 34.6 Å². The number of hydrogen-bond donors (Lipinski definition) is 0. The molecule has 1 aromatic rings. The number of rotatable bonds is 5. The van der Waals surface area contributed by atoms with Crippen molar-refractivity contribution in [3.05, 3.63) is 34.1 Å². The second kappa shape index (κ2) is 17.5. The zero-order valence-electron chi connectivity index (χ0n) is 19.0. The summed E-state index contributed by atoms with van der Waals surface area (Å²) < 4.78 is 12.7. The predicted molar refractivity (Wildman–Crippen MR) is 117 cm³/mol. The van der Waals surface area contributed by atoms with Gasteiger partial charge in [0.1, 0.15) is 11.6 Å². The first-order chi connectivity index (χ1) is 12.1. The van der Waals surface area contributed by atoms with Crippen molar-refractivity contribution in [1.82, 2.24) is 0 Å². The van der Waals surface area contributed by atoms with Crippen molar-refractivity contribution in [2.75, 3.05) is 0 Å². The van der Waals surface area contributed by atoms with E-state index in [-0.39, 0.29) is 11.7 Å². The zero-order chi connectivity index (χ0) is 21.4. The molecule has 0 aliphatic carbocycles. The molecular weight excluding hydrogens is 347 g/mol. The number of carbonyl (C=O) groups excluding carboxylic acids is 1. The maximum Gasteiger partial charge on any atom is 0.135 e. The molecule has 0 fully saturated rings. The number of carbonyl (C=O) groups is 1. The molecule has 154 valence electrons. The maximum atomic E-state index is 12.7. The first-order valence-electron chi connectivity index (χ1n) is 10.1. The summed E-state index contributed by atoms with van der Waals surface area (Å²) in [7, 11) is 0. The third-order valence-corrected chi connectivity index (χ3v) is 5.03. The normalized spacial score (nSPS) is 12.8. The molecule has 1 aromatic carbocycles. The minimum atomic E-state index is -0.240. The fraction of sp³-hybridized carbons (Fsp3) is 0.696. The molecule has 0 bridgehead atoms. The van der Waals surface area contributed by atoms with E-state index >= 15 is 0 Å². The molecule has 3 unspecified atom stereocenters. The standard InChI is InChI=1S/C11H22O.C8H8ClF.2C2H6/c1-6-8(3)9(4)10(5)11(12)7-2;1-5-3-6(2)8(10)4-7(5)9;2*1-2/h8-10H,6-7H2,1-5H3;3-4H,1-2H3;2*1-2H3. The molecule has 0 radical (unpaired) electrons. The van der Waals surface area contributed by atoms with E-state index in [9.17, 15) is 9.18 Å². The quantitative estimate of drug-likeness (QED) is 0.494. The van der Waals surface area contributed by atoms with Crippen LogP contribution >= 0.6 is 11.6 Å². The van der Waals surface area contributed by atoms with Crippen LogP contribution in [0.1, 0.15) is 86.3 Å². The van der Waals surface area contributed by atoms with Crippen molar-refractivity contribution in [3.63, 3.8) is 0 Å². The van der Waals surface area contributed by atoms with Gasteiger partial charge in [0.15, 0.2) is 0 Å². The Bertz CT molecular complexity index is 435. The van der Waals surface area contributed by atoms with Gasteiger partial charge in [-0.15, -0.1) is 0 Å². The van der Waals surface area contributed by atoms with Crippen LogP contribution in [0.2, 0.25) is 5.02 Å². The van der Waals surface area contributed by atoms with E-state index in [4.69, 9.17) is 11.6 Å². The molecule has 0 saturated carbocycles. The summed E-state index contributed by atoms with van der Waals surface area (Å²) >= 11 is 5.65. The van der Waals surface area contributed by atoms with Crippen LogP contribution in [0.5, 0.6) is 0 Å². The van der Waals surface area contributed by atoms with Gasteiger partial charge < -0.3 is 0 Å². The third-order valence-electron chi connectivity index (χ3n) is 4.63. The van der Waals surface area contributed by atoms with Crippen LogP contribution in [-0.2, 0) is 4.79 Å². The lowest BCUT2D eigenvalue weighted by Gasteiger charge is -2.23. The van der Waals surface area contributed by atoms with Crippen molar-refractivity contribution in [2.45, 2.75) is 89.0 Å². The Morgan fingerprint density at radius 1 is 1.00 bits per heavy atom. The van der Waals surface area contributed by atoms with Gasteiger partial charge in [-0.05, 0) is 42.9 Å². The van der Waals surface area contributed by atoms with Crippen molar-refractivity contribution in [2.24, 2.45) is 17.8 Å². The van der Waals surface area contributed by atoms with E-state index in [1.54, 1.807) is 13.0 Å². The van der Waals surface area contributed by atoms with Gasteiger partial charge >= 0.3 is 0 Å². The highest BCUT2D eigenvalue weighted by Gasteiger charge is 2.22. The zero-order valence-corrected chi connectivity index (χ0v) is 19.7. The second-order valence-corrected chi connectivity index (χ2v) is 6.61. The fourth-order valence-corrected chi connectivity index (χ4v) is 2.43. The van der Waals surface area contributed by atoms with Crippen LogP contribution in [0, 0.1) is 37.4 Å². The highest BCUT2D eigenvalue weighted by atomic mass is 35.5. The summed E-state index contributed by atoms with van der Waals surface area (Å²) in [5, 5.41) is 0.489. The number of hydrogen-bond acceptors (Lipinski definition) is 1. The van der Waals surface area contributed by atoms with E-state index in [1.165, 1.54) is 12.5 Å². The van der Waals surface area contributed by atoms with Gasteiger partial charge in [-0.2, -0.15) is 0 Å². The highest BCUT2D eigenvalue weighted by molar-refractivity contribution is 6.31. The minimum Gasteiger partial charge on any atom is -0.299 e. The van der Waals surface area contributed by atoms with Gasteiger partial charge in [0.05, 0.1) is 0 Å². The molecular formula is C23H42ClFO. The van der Waals surface area contributed by atoms with Gasteiger partial charge in [-0.3, -0.25) is 4.79 Å². The predicted octanol–water partition coefficient (Wildman–Crippen LogP) is 8.43. The Balaban J connectivity index is -0.000000344. The average molecular weight is 389 g/mol. The molecule has 3 atom stereocenters. The van der Waals surface area contributed by atoms with Crippen LogP contribution in [0.3, 0.4) is 0 Å². The van der Waals surface area contributed by atoms with Crippen molar-refractivity contribution >= 4 is 17.4 Å². The van der Waals surface area contributed by atoms with Crippen LogP contribution in [0.15, 0.2) is 12.1 Å². The number of ketones is 1. The molecule has 1 nitrogen and oxygen atoms in total. The largest absolute Gasteiger partial charge is 0.299 e. The van der Waals surface area contributed by atoms with Crippen LogP contribution in [-0.4, -0.2) is 5.78 Å². The number of aryl methyl sites for hydroxylation is 2. The molecule has 0 saturated heterocycles. The van der Waals surface area contributed by atoms with Gasteiger partial charge in [-0.25, -0.2) is 4.39 Å². The second-order valence-electron chi connectivity index (χ2n) is 6.20. The molecule has 0 aliphatic rings. The molecule has 0 spiro atoms. The van der Waals surface area contributed by atoms with E-state index in [0.717, 1.165) is 5.56 Å². The van der Waals surface area contributed by atoms with Crippen molar-refractivity contribution < 1.29 is 9.18 Å². The first-order valence-corrected chi connectivity index (χ1v) is 10.5. The smallest absolute Gasteiger partial charge is 0.135 e. The molecule has 0 aliphatic heterocycles. The number of halogens is 2. The monoisotopic (exact) mass is 388 g/mol. The summed E-state index contributed by atoms with van der Waals surface area (Å²) in [5.74, 6) is 1.60. The van der Waals surface area contributed by atoms with Gasteiger partial charge in [0, 0.05) is 17.4 Å². The van der Waals surface area contributed by atoms with Crippen LogP contribution in [0.25, 0.3) is 0 Å². The summed E-state index contributed by atoms with van der Waals surface area (Å²) in [6, 6.07) is 3.07. The average Bonchev–Trinajstić information content (AvgIpc) is 2.67. The Morgan fingerprint density at radius 2 is 1.46 bits per heavy atom.